The first-order chi connectivity index (χ1) is 8.29. The molecule has 96 valence electrons. The second-order valence-corrected chi connectivity index (χ2v) is 3.53. The number of hydrogen-bond acceptors (Lipinski definition) is 2. The zero-order valence-electron chi connectivity index (χ0n) is 8.63. The van der Waals surface area contributed by atoms with E-state index >= 15 is 0 Å². The Morgan fingerprint density at radius 2 is 1.83 bits per heavy atom. The third kappa shape index (κ3) is 2.18. The average molecular weight is 264 g/mol. The molecule has 1 aliphatic rings. The van der Waals surface area contributed by atoms with Crippen LogP contribution < -0.4 is 5.01 Å². The molecule has 18 heavy (non-hydrogen) atoms. The zero-order valence-corrected chi connectivity index (χ0v) is 8.63. The van der Waals surface area contributed by atoms with Crippen LogP contribution in [0.5, 0.6) is 0 Å². The normalized spacial score (nSPS) is 16.2. The standard InChI is InChI=1S/C10H5F5N2O/c11-6-2-1-5(3-7(6)12)17-9(18)4-8(16-17)10(13,14)15/h1-3H,4H2. The molecule has 1 aromatic rings. The molecule has 3 nitrogen and oxygen atoms in total. The topological polar surface area (TPSA) is 32.7 Å². The van der Waals surface area contributed by atoms with E-state index in [1.807, 2.05) is 0 Å². The molecule has 0 bridgehead atoms. The van der Waals surface area contributed by atoms with Crippen molar-refractivity contribution >= 4 is 17.3 Å². The average Bonchev–Trinajstić information content (AvgIpc) is 2.64. The lowest BCUT2D eigenvalue weighted by atomic mass is 10.2. The number of hydrazone groups is 1. The van der Waals surface area contributed by atoms with Crippen molar-refractivity contribution in [1.82, 2.24) is 0 Å². The van der Waals surface area contributed by atoms with Crippen LogP contribution in [0.25, 0.3) is 0 Å². The number of anilines is 1. The van der Waals surface area contributed by atoms with Gasteiger partial charge in [0.25, 0.3) is 5.91 Å². The molecule has 0 aromatic heterocycles. The Morgan fingerprint density at radius 3 is 2.33 bits per heavy atom. The Labute approximate surface area is 97.5 Å². The molecular formula is C10H5F5N2O. The van der Waals surface area contributed by atoms with Crippen LogP contribution >= 0.6 is 0 Å². The van der Waals surface area contributed by atoms with Crippen molar-refractivity contribution in [1.29, 1.82) is 0 Å². The first-order valence-corrected chi connectivity index (χ1v) is 4.71. The van der Waals surface area contributed by atoms with Crippen molar-refractivity contribution in [3.05, 3.63) is 29.8 Å². The van der Waals surface area contributed by atoms with E-state index in [0.29, 0.717) is 17.1 Å². The molecule has 0 radical (unpaired) electrons. The summed E-state index contributed by atoms with van der Waals surface area (Å²) >= 11 is 0. The van der Waals surface area contributed by atoms with Crippen molar-refractivity contribution in [3.8, 4) is 0 Å². The van der Waals surface area contributed by atoms with E-state index in [1.54, 1.807) is 0 Å². The van der Waals surface area contributed by atoms with Gasteiger partial charge < -0.3 is 0 Å². The highest BCUT2D eigenvalue weighted by atomic mass is 19.4. The molecule has 0 fully saturated rings. The molecule has 0 saturated carbocycles. The minimum atomic E-state index is -4.72. The summed E-state index contributed by atoms with van der Waals surface area (Å²) in [4.78, 5) is 11.3. The summed E-state index contributed by atoms with van der Waals surface area (Å²) in [5.41, 5.74) is -1.52. The Kier molecular flexibility index (Phi) is 2.80. The molecule has 2 rings (SSSR count). The molecule has 0 N–H and O–H groups in total. The number of hydrogen-bond donors (Lipinski definition) is 0. The van der Waals surface area contributed by atoms with E-state index in [4.69, 9.17) is 0 Å². The quantitative estimate of drug-likeness (QED) is 0.717. The lowest BCUT2D eigenvalue weighted by Gasteiger charge is -2.11. The van der Waals surface area contributed by atoms with Crippen LogP contribution in [-0.2, 0) is 4.79 Å². The van der Waals surface area contributed by atoms with Gasteiger partial charge in [-0.15, -0.1) is 0 Å². The Hall–Kier alpha value is -1.99. The lowest BCUT2D eigenvalue weighted by molar-refractivity contribution is -0.117. The van der Waals surface area contributed by atoms with Crippen molar-refractivity contribution < 1.29 is 26.7 Å². The molecule has 8 heteroatoms. The maximum Gasteiger partial charge on any atom is 0.431 e. The highest BCUT2D eigenvalue weighted by Gasteiger charge is 2.42. The largest absolute Gasteiger partial charge is 0.431 e. The summed E-state index contributed by atoms with van der Waals surface area (Å²) in [6, 6.07) is 2.29. The van der Waals surface area contributed by atoms with Crippen LogP contribution in [0.3, 0.4) is 0 Å². The van der Waals surface area contributed by atoms with E-state index in [9.17, 15) is 26.7 Å². The SMILES string of the molecule is O=C1CC(C(F)(F)F)=NN1c1ccc(F)c(F)c1. The van der Waals surface area contributed by atoms with Crippen LogP contribution in [0.15, 0.2) is 23.3 Å². The Morgan fingerprint density at radius 1 is 1.17 bits per heavy atom. The van der Waals surface area contributed by atoms with Gasteiger partial charge >= 0.3 is 6.18 Å². The first-order valence-electron chi connectivity index (χ1n) is 4.71. The highest BCUT2D eigenvalue weighted by Crippen LogP contribution is 2.28. The van der Waals surface area contributed by atoms with Gasteiger partial charge in [-0.25, -0.2) is 13.8 Å². The third-order valence-electron chi connectivity index (χ3n) is 2.25. The van der Waals surface area contributed by atoms with Crippen molar-refractivity contribution in [2.45, 2.75) is 12.6 Å². The summed E-state index contributed by atoms with van der Waals surface area (Å²) < 4.78 is 62.5. The number of nitrogens with zero attached hydrogens (tertiary/aromatic N) is 2. The molecule has 0 atom stereocenters. The Bertz CT molecular complexity index is 538. The first kappa shape index (κ1) is 12.5. The van der Waals surface area contributed by atoms with Crippen LogP contribution in [0.2, 0.25) is 0 Å². The minimum Gasteiger partial charge on any atom is -0.272 e. The summed E-state index contributed by atoms with van der Waals surface area (Å²) in [5.74, 6) is -3.38. The van der Waals surface area contributed by atoms with E-state index in [-0.39, 0.29) is 5.69 Å². The fourth-order valence-corrected chi connectivity index (χ4v) is 1.41. The highest BCUT2D eigenvalue weighted by molar-refractivity contribution is 6.14. The van der Waals surface area contributed by atoms with Gasteiger partial charge in [0.15, 0.2) is 17.3 Å². The number of carbonyl (C=O) groups is 1. The molecular weight excluding hydrogens is 259 g/mol. The second kappa shape index (κ2) is 4.04. The van der Waals surface area contributed by atoms with Gasteiger partial charge in [0.05, 0.1) is 12.1 Å². The number of halogens is 5. The number of rotatable bonds is 1. The summed E-state index contributed by atoms with van der Waals surface area (Å²) in [6.07, 6.45) is -5.63. The minimum absolute atomic E-state index is 0.252. The van der Waals surface area contributed by atoms with Crippen LogP contribution in [0, 0.1) is 11.6 Å². The van der Waals surface area contributed by atoms with E-state index in [0.717, 1.165) is 6.07 Å². The summed E-state index contributed by atoms with van der Waals surface area (Å²) in [7, 11) is 0. The van der Waals surface area contributed by atoms with Gasteiger partial charge in [0, 0.05) is 6.07 Å². The van der Waals surface area contributed by atoms with Gasteiger partial charge in [0.1, 0.15) is 0 Å². The fourth-order valence-electron chi connectivity index (χ4n) is 1.41. The van der Waals surface area contributed by atoms with Crippen molar-refractivity contribution in [2.24, 2.45) is 5.10 Å². The summed E-state index contributed by atoms with van der Waals surface area (Å²) in [6.45, 7) is 0. The molecule has 1 amide bonds. The van der Waals surface area contributed by atoms with Crippen LogP contribution in [0.4, 0.5) is 27.6 Å². The molecule has 0 spiro atoms. The number of carbonyl (C=O) groups excluding carboxylic acids is 1. The molecule has 0 saturated heterocycles. The lowest BCUT2D eigenvalue weighted by Crippen LogP contribution is -2.22. The molecule has 0 unspecified atom stereocenters. The Balaban J connectivity index is 2.36. The molecule has 1 aliphatic heterocycles. The van der Waals surface area contributed by atoms with Gasteiger partial charge in [-0.3, -0.25) is 4.79 Å². The monoisotopic (exact) mass is 264 g/mol. The van der Waals surface area contributed by atoms with Crippen LogP contribution in [0.1, 0.15) is 6.42 Å². The van der Waals surface area contributed by atoms with E-state index in [1.165, 1.54) is 0 Å². The predicted octanol–water partition coefficient (Wildman–Crippen LogP) is 2.62. The number of benzene rings is 1. The number of alkyl halides is 3. The van der Waals surface area contributed by atoms with Gasteiger partial charge in [-0.1, -0.05) is 0 Å². The van der Waals surface area contributed by atoms with E-state index in [2.05, 4.69) is 5.10 Å². The van der Waals surface area contributed by atoms with Gasteiger partial charge in [-0.2, -0.15) is 18.3 Å². The molecule has 0 aliphatic carbocycles. The van der Waals surface area contributed by atoms with Gasteiger partial charge in [-0.05, 0) is 12.1 Å². The molecule has 1 aromatic carbocycles. The maximum absolute atomic E-state index is 12.9. The van der Waals surface area contributed by atoms with Crippen molar-refractivity contribution in [3.63, 3.8) is 0 Å². The second-order valence-electron chi connectivity index (χ2n) is 3.53. The smallest absolute Gasteiger partial charge is 0.272 e. The van der Waals surface area contributed by atoms with Gasteiger partial charge in [0.2, 0.25) is 0 Å². The fraction of sp³-hybridized carbons (Fsp3) is 0.200. The van der Waals surface area contributed by atoms with E-state index < -0.39 is 35.9 Å². The molecule has 1 heterocycles. The third-order valence-corrected chi connectivity index (χ3v) is 2.25. The predicted molar refractivity (Wildman–Crippen MR) is 52.0 cm³/mol. The van der Waals surface area contributed by atoms with Crippen molar-refractivity contribution in [2.75, 3.05) is 5.01 Å². The maximum atomic E-state index is 12.9. The zero-order chi connectivity index (χ0) is 13.5. The van der Waals surface area contributed by atoms with Crippen LogP contribution in [-0.4, -0.2) is 17.8 Å². The number of amides is 1. The summed E-state index contributed by atoms with van der Waals surface area (Å²) in [5, 5.41) is 3.48.